The lowest BCUT2D eigenvalue weighted by molar-refractivity contribution is 1.04. The fourth-order valence-corrected chi connectivity index (χ4v) is 2.89. The number of imidazole rings is 1. The molecule has 3 heteroatoms. The van der Waals surface area contributed by atoms with Crippen molar-refractivity contribution in [1.82, 2.24) is 9.38 Å². The molecule has 2 aromatic heterocycles. The summed E-state index contributed by atoms with van der Waals surface area (Å²) in [7, 11) is 0. The van der Waals surface area contributed by atoms with Gasteiger partial charge in [0.1, 0.15) is 5.65 Å². The molecular formula is C15H14N2S. The second kappa shape index (κ2) is 4.86. The first-order valence-electron chi connectivity index (χ1n) is 5.94. The third-order valence-corrected chi connectivity index (χ3v) is 4.00. The van der Waals surface area contributed by atoms with Crippen LogP contribution in [-0.2, 0) is 5.75 Å². The molecule has 18 heavy (non-hydrogen) atoms. The lowest BCUT2D eigenvalue weighted by atomic mass is 10.2. The topological polar surface area (TPSA) is 17.3 Å². The van der Waals surface area contributed by atoms with E-state index in [4.69, 9.17) is 0 Å². The quantitative estimate of drug-likeness (QED) is 0.659. The molecule has 0 spiro atoms. The standard InChI is InChI=1S/C15H14N2S/c1-12-6-5-9-17-14(10-16-15(12)17)18-11-13-7-3-2-4-8-13/h2-10H,11H2,1H3. The van der Waals surface area contributed by atoms with Gasteiger partial charge in [0, 0.05) is 11.9 Å². The first-order chi connectivity index (χ1) is 8.84. The number of pyridine rings is 1. The van der Waals surface area contributed by atoms with Crippen molar-refractivity contribution >= 4 is 17.4 Å². The Morgan fingerprint density at radius 1 is 1.11 bits per heavy atom. The molecule has 0 saturated carbocycles. The van der Waals surface area contributed by atoms with Crippen molar-refractivity contribution in [1.29, 1.82) is 0 Å². The molecule has 2 nitrogen and oxygen atoms in total. The summed E-state index contributed by atoms with van der Waals surface area (Å²) in [4.78, 5) is 4.47. The van der Waals surface area contributed by atoms with Gasteiger partial charge in [-0.15, -0.1) is 11.8 Å². The zero-order chi connectivity index (χ0) is 12.4. The van der Waals surface area contributed by atoms with Gasteiger partial charge in [0.25, 0.3) is 0 Å². The highest BCUT2D eigenvalue weighted by atomic mass is 32.2. The third kappa shape index (κ3) is 2.14. The Kier molecular flexibility index (Phi) is 3.07. The molecule has 0 bridgehead atoms. The number of aromatic nitrogens is 2. The Morgan fingerprint density at radius 3 is 2.78 bits per heavy atom. The molecule has 0 aliphatic carbocycles. The average molecular weight is 254 g/mol. The fourth-order valence-electron chi connectivity index (χ4n) is 1.97. The van der Waals surface area contributed by atoms with Crippen LogP contribution in [-0.4, -0.2) is 9.38 Å². The van der Waals surface area contributed by atoms with Crippen LogP contribution in [0.15, 0.2) is 59.9 Å². The molecule has 0 aliphatic heterocycles. The molecule has 0 amide bonds. The Hall–Kier alpha value is -1.74. The van der Waals surface area contributed by atoms with E-state index in [0.29, 0.717) is 0 Å². The Bertz CT molecular complexity index is 659. The maximum atomic E-state index is 4.47. The van der Waals surface area contributed by atoms with Gasteiger partial charge in [0.15, 0.2) is 0 Å². The van der Waals surface area contributed by atoms with Crippen molar-refractivity contribution in [3.63, 3.8) is 0 Å². The van der Waals surface area contributed by atoms with E-state index in [0.717, 1.165) is 11.4 Å². The smallest absolute Gasteiger partial charge is 0.140 e. The van der Waals surface area contributed by atoms with E-state index in [9.17, 15) is 0 Å². The molecule has 0 saturated heterocycles. The third-order valence-electron chi connectivity index (χ3n) is 2.93. The number of benzene rings is 1. The molecule has 0 N–H and O–H groups in total. The zero-order valence-corrected chi connectivity index (χ0v) is 11.0. The minimum atomic E-state index is 0.975. The van der Waals surface area contributed by atoms with E-state index in [-0.39, 0.29) is 0 Å². The minimum absolute atomic E-state index is 0.975. The van der Waals surface area contributed by atoms with Crippen LogP contribution >= 0.6 is 11.8 Å². The van der Waals surface area contributed by atoms with Crippen molar-refractivity contribution in [2.24, 2.45) is 0 Å². The molecule has 3 rings (SSSR count). The van der Waals surface area contributed by atoms with Crippen LogP contribution in [0.4, 0.5) is 0 Å². The van der Waals surface area contributed by atoms with Crippen LogP contribution in [0.2, 0.25) is 0 Å². The fraction of sp³-hybridized carbons (Fsp3) is 0.133. The summed E-state index contributed by atoms with van der Waals surface area (Å²) >= 11 is 1.82. The average Bonchev–Trinajstić information content (AvgIpc) is 2.82. The van der Waals surface area contributed by atoms with Crippen LogP contribution in [0.25, 0.3) is 5.65 Å². The van der Waals surface area contributed by atoms with Crippen molar-refractivity contribution in [2.75, 3.05) is 0 Å². The first-order valence-corrected chi connectivity index (χ1v) is 6.92. The monoisotopic (exact) mass is 254 g/mol. The van der Waals surface area contributed by atoms with E-state index < -0.39 is 0 Å². The normalized spacial score (nSPS) is 10.9. The van der Waals surface area contributed by atoms with Gasteiger partial charge < -0.3 is 0 Å². The molecule has 0 atom stereocenters. The molecular weight excluding hydrogens is 240 g/mol. The van der Waals surface area contributed by atoms with Gasteiger partial charge in [-0.1, -0.05) is 36.4 Å². The second-order valence-electron chi connectivity index (χ2n) is 4.26. The summed E-state index contributed by atoms with van der Waals surface area (Å²) in [6.07, 6.45) is 4.03. The second-order valence-corrected chi connectivity index (χ2v) is 5.25. The highest BCUT2D eigenvalue weighted by Crippen LogP contribution is 2.24. The van der Waals surface area contributed by atoms with Gasteiger partial charge in [0.05, 0.1) is 11.2 Å². The number of fused-ring (bicyclic) bond motifs is 1. The summed E-state index contributed by atoms with van der Waals surface area (Å²) in [5.74, 6) is 0.975. The van der Waals surface area contributed by atoms with E-state index in [1.807, 2.05) is 24.0 Å². The number of thioether (sulfide) groups is 1. The van der Waals surface area contributed by atoms with Crippen LogP contribution < -0.4 is 0 Å². The Labute approximate surface area is 111 Å². The Balaban J connectivity index is 1.85. The molecule has 0 unspecified atom stereocenters. The van der Waals surface area contributed by atoms with Crippen molar-refractivity contribution < 1.29 is 0 Å². The van der Waals surface area contributed by atoms with Gasteiger partial charge in [0.2, 0.25) is 0 Å². The lowest BCUT2D eigenvalue weighted by Gasteiger charge is -2.03. The van der Waals surface area contributed by atoms with E-state index in [1.54, 1.807) is 0 Å². The number of hydrogen-bond acceptors (Lipinski definition) is 2. The van der Waals surface area contributed by atoms with Crippen LogP contribution in [0.5, 0.6) is 0 Å². The summed E-state index contributed by atoms with van der Waals surface area (Å²) in [6, 6.07) is 14.7. The van der Waals surface area contributed by atoms with Crippen LogP contribution in [0.3, 0.4) is 0 Å². The zero-order valence-electron chi connectivity index (χ0n) is 10.2. The summed E-state index contributed by atoms with van der Waals surface area (Å²) in [5, 5.41) is 1.19. The number of rotatable bonds is 3. The molecule has 0 fully saturated rings. The van der Waals surface area contributed by atoms with E-state index in [1.165, 1.54) is 16.2 Å². The molecule has 3 aromatic rings. The highest BCUT2D eigenvalue weighted by Gasteiger charge is 2.05. The lowest BCUT2D eigenvalue weighted by Crippen LogP contribution is -1.88. The van der Waals surface area contributed by atoms with Gasteiger partial charge in [-0.2, -0.15) is 0 Å². The minimum Gasteiger partial charge on any atom is -0.294 e. The van der Waals surface area contributed by atoms with Crippen LogP contribution in [0, 0.1) is 6.92 Å². The Morgan fingerprint density at radius 2 is 1.94 bits per heavy atom. The SMILES string of the molecule is Cc1cccn2c(SCc3ccccc3)cnc12. The summed E-state index contributed by atoms with van der Waals surface area (Å²) < 4.78 is 2.16. The van der Waals surface area contributed by atoms with Gasteiger partial charge in [-0.3, -0.25) is 4.40 Å². The molecule has 0 aliphatic rings. The largest absolute Gasteiger partial charge is 0.294 e. The maximum absolute atomic E-state index is 4.47. The number of nitrogens with zero attached hydrogens (tertiary/aromatic N) is 2. The maximum Gasteiger partial charge on any atom is 0.140 e. The predicted molar refractivity (Wildman–Crippen MR) is 75.9 cm³/mol. The molecule has 2 heterocycles. The first kappa shape index (κ1) is 11.4. The van der Waals surface area contributed by atoms with Gasteiger partial charge in [-0.05, 0) is 24.1 Å². The van der Waals surface area contributed by atoms with Gasteiger partial charge in [-0.25, -0.2) is 4.98 Å². The molecule has 0 radical (unpaired) electrons. The van der Waals surface area contributed by atoms with Crippen molar-refractivity contribution in [3.05, 3.63) is 66.0 Å². The van der Waals surface area contributed by atoms with Gasteiger partial charge >= 0.3 is 0 Å². The highest BCUT2D eigenvalue weighted by molar-refractivity contribution is 7.98. The number of aryl methyl sites for hydroxylation is 1. The van der Waals surface area contributed by atoms with Crippen LogP contribution in [0.1, 0.15) is 11.1 Å². The van der Waals surface area contributed by atoms with Crippen molar-refractivity contribution in [2.45, 2.75) is 17.7 Å². The summed E-state index contributed by atoms with van der Waals surface area (Å²) in [6.45, 7) is 2.09. The number of hydrogen-bond donors (Lipinski definition) is 0. The molecule has 1 aromatic carbocycles. The molecule has 90 valence electrons. The van der Waals surface area contributed by atoms with E-state index in [2.05, 4.69) is 58.9 Å². The van der Waals surface area contributed by atoms with E-state index >= 15 is 0 Å². The predicted octanol–water partition coefficient (Wildman–Crippen LogP) is 3.94. The van der Waals surface area contributed by atoms with Crippen molar-refractivity contribution in [3.8, 4) is 0 Å². The summed E-state index contributed by atoms with van der Waals surface area (Å²) in [5.41, 5.74) is 3.60.